The quantitative estimate of drug-likeness (QED) is 0.853. The largest absolute Gasteiger partial charge is 0.502 e. The van der Waals surface area contributed by atoms with Gasteiger partial charge in [-0.1, -0.05) is 6.07 Å². The molecule has 0 fully saturated rings. The van der Waals surface area contributed by atoms with Crippen LogP contribution in [0.15, 0.2) is 29.6 Å². The molecule has 2 rings (SSSR count). The molecule has 1 aromatic carbocycles. The van der Waals surface area contributed by atoms with Crippen molar-refractivity contribution in [1.29, 1.82) is 0 Å². The second-order valence-corrected chi connectivity index (χ2v) is 5.06. The molecule has 5 heteroatoms. The summed E-state index contributed by atoms with van der Waals surface area (Å²) in [5, 5.41) is 15.2. The van der Waals surface area contributed by atoms with Gasteiger partial charge in [0.15, 0.2) is 11.5 Å². The number of methoxy groups -OCH3 is 2. The van der Waals surface area contributed by atoms with E-state index in [4.69, 9.17) is 9.47 Å². The van der Waals surface area contributed by atoms with Crippen LogP contribution in [0.4, 0.5) is 0 Å². The number of phenolic OH excluding ortho intramolecular Hbond substituents is 1. The highest BCUT2D eigenvalue weighted by molar-refractivity contribution is 7.09. The Kier molecular flexibility index (Phi) is 4.65. The lowest BCUT2D eigenvalue weighted by Gasteiger charge is -2.11. The van der Waals surface area contributed by atoms with Crippen LogP contribution in [0.3, 0.4) is 0 Å². The van der Waals surface area contributed by atoms with Gasteiger partial charge in [0.25, 0.3) is 0 Å². The minimum absolute atomic E-state index is 0.0343. The number of nitrogens with one attached hydrogen (secondary N) is 1. The Morgan fingerprint density at radius 2 is 1.84 bits per heavy atom. The number of ether oxygens (including phenoxy) is 2. The molecule has 0 atom stereocenters. The van der Waals surface area contributed by atoms with Crippen molar-refractivity contribution in [2.45, 2.75) is 13.1 Å². The second-order valence-electron chi connectivity index (χ2n) is 4.03. The first-order chi connectivity index (χ1) is 9.24. The molecule has 1 heterocycles. The molecule has 102 valence electrons. The molecule has 0 radical (unpaired) electrons. The minimum atomic E-state index is 0.0343. The first-order valence-electron chi connectivity index (χ1n) is 5.91. The molecule has 4 nitrogen and oxygen atoms in total. The maximum Gasteiger partial charge on any atom is 0.200 e. The average Bonchev–Trinajstić information content (AvgIpc) is 2.93. The third kappa shape index (κ3) is 3.39. The van der Waals surface area contributed by atoms with Gasteiger partial charge in [0.2, 0.25) is 5.75 Å². The van der Waals surface area contributed by atoms with E-state index in [1.165, 1.54) is 19.1 Å². The first kappa shape index (κ1) is 13.7. The summed E-state index contributed by atoms with van der Waals surface area (Å²) in [6, 6.07) is 7.74. The highest BCUT2D eigenvalue weighted by Crippen LogP contribution is 2.36. The van der Waals surface area contributed by atoms with Crippen LogP contribution in [-0.4, -0.2) is 19.3 Å². The molecular formula is C14H17NO3S. The lowest BCUT2D eigenvalue weighted by atomic mass is 10.2. The van der Waals surface area contributed by atoms with Crippen molar-refractivity contribution in [2.24, 2.45) is 0 Å². The van der Waals surface area contributed by atoms with E-state index in [-0.39, 0.29) is 5.75 Å². The molecule has 0 amide bonds. The summed E-state index contributed by atoms with van der Waals surface area (Å²) in [5.74, 6) is 0.881. The molecule has 0 aliphatic rings. The third-order valence-corrected chi connectivity index (χ3v) is 3.62. The molecule has 0 unspecified atom stereocenters. The fourth-order valence-corrected chi connectivity index (χ4v) is 2.47. The number of rotatable bonds is 6. The zero-order valence-electron chi connectivity index (χ0n) is 11.0. The van der Waals surface area contributed by atoms with Gasteiger partial charge in [-0.25, -0.2) is 0 Å². The van der Waals surface area contributed by atoms with Gasteiger partial charge in [0, 0.05) is 18.0 Å². The van der Waals surface area contributed by atoms with Crippen molar-refractivity contribution in [2.75, 3.05) is 14.2 Å². The predicted octanol–water partition coefficient (Wildman–Crippen LogP) is 2.76. The first-order valence-corrected chi connectivity index (χ1v) is 6.79. The van der Waals surface area contributed by atoms with E-state index in [1.807, 2.05) is 6.07 Å². The summed E-state index contributed by atoms with van der Waals surface area (Å²) >= 11 is 1.72. The van der Waals surface area contributed by atoms with Gasteiger partial charge < -0.3 is 19.9 Å². The number of phenols is 1. The Balaban J connectivity index is 2.03. The molecule has 2 N–H and O–H groups in total. The molecule has 1 aromatic heterocycles. The second kappa shape index (κ2) is 6.45. The zero-order chi connectivity index (χ0) is 13.7. The highest BCUT2D eigenvalue weighted by atomic mass is 32.1. The van der Waals surface area contributed by atoms with Crippen molar-refractivity contribution in [3.05, 3.63) is 40.1 Å². The lowest BCUT2D eigenvalue weighted by molar-refractivity contribution is 0.339. The third-order valence-electron chi connectivity index (χ3n) is 2.75. The van der Waals surface area contributed by atoms with Crippen molar-refractivity contribution < 1.29 is 14.6 Å². The van der Waals surface area contributed by atoms with Crippen LogP contribution in [0.25, 0.3) is 0 Å². The molecular weight excluding hydrogens is 262 g/mol. The highest BCUT2D eigenvalue weighted by Gasteiger charge is 2.10. The SMILES string of the molecule is COc1cc(CNCc2cccs2)cc(OC)c1O. The van der Waals surface area contributed by atoms with E-state index in [2.05, 4.69) is 16.8 Å². The van der Waals surface area contributed by atoms with Crippen LogP contribution in [0.2, 0.25) is 0 Å². The fourth-order valence-electron chi connectivity index (χ4n) is 1.79. The molecule has 19 heavy (non-hydrogen) atoms. The summed E-state index contributed by atoms with van der Waals surface area (Å²) in [7, 11) is 3.05. The Labute approximate surface area is 116 Å². The monoisotopic (exact) mass is 279 g/mol. The Hall–Kier alpha value is -1.72. The van der Waals surface area contributed by atoms with Gasteiger partial charge >= 0.3 is 0 Å². The summed E-state index contributed by atoms with van der Waals surface area (Å²) in [6.07, 6.45) is 0. The number of hydrogen-bond donors (Lipinski definition) is 2. The summed E-state index contributed by atoms with van der Waals surface area (Å²) < 4.78 is 10.2. The molecule has 0 aliphatic heterocycles. The van der Waals surface area contributed by atoms with Crippen LogP contribution < -0.4 is 14.8 Å². The number of thiophene rings is 1. The molecule has 0 aliphatic carbocycles. The van der Waals surface area contributed by atoms with Gasteiger partial charge in [-0.15, -0.1) is 11.3 Å². The maximum atomic E-state index is 9.82. The van der Waals surface area contributed by atoms with E-state index in [1.54, 1.807) is 23.5 Å². The predicted molar refractivity (Wildman–Crippen MR) is 76.1 cm³/mol. The fraction of sp³-hybridized carbons (Fsp3) is 0.286. The lowest BCUT2D eigenvalue weighted by Crippen LogP contribution is -2.11. The molecule has 0 saturated carbocycles. The molecule has 0 saturated heterocycles. The van der Waals surface area contributed by atoms with Gasteiger partial charge in [-0.2, -0.15) is 0 Å². The summed E-state index contributed by atoms with van der Waals surface area (Å²) in [6.45, 7) is 1.51. The molecule has 2 aromatic rings. The van der Waals surface area contributed by atoms with Crippen molar-refractivity contribution >= 4 is 11.3 Å². The van der Waals surface area contributed by atoms with Crippen LogP contribution in [0.1, 0.15) is 10.4 Å². The minimum Gasteiger partial charge on any atom is -0.502 e. The van der Waals surface area contributed by atoms with Crippen molar-refractivity contribution in [3.63, 3.8) is 0 Å². The van der Waals surface area contributed by atoms with Crippen LogP contribution in [0, 0.1) is 0 Å². The topological polar surface area (TPSA) is 50.7 Å². The molecule has 0 spiro atoms. The smallest absolute Gasteiger partial charge is 0.200 e. The Morgan fingerprint density at radius 3 is 2.37 bits per heavy atom. The molecule has 0 bridgehead atoms. The van der Waals surface area contributed by atoms with Gasteiger partial charge in [0.05, 0.1) is 14.2 Å². The average molecular weight is 279 g/mol. The van der Waals surface area contributed by atoms with Gasteiger partial charge in [-0.3, -0.25) is 0 Å². The van der Waals surface area contributed by atoms with Gasteiger partial charge in [0.1, 0.15) is 0 Å². The zero-order valence-corrected chi connectivity index (χ0v) is 11.8. The Bertz CT molecular complexity index is 500. The van der Waals surface area contributed by atoms with E-state index in [0.717, 1.165) is 12.1 Å². The summed E-state index contributed by atoms with van der Waals surface area (Å²) in [5.41, 5.74) is 1.00. The van der Waals surface area contributed by atoms with Crippen LogP contribution >= 0.6 is 11.3 Å². The van der Waals surface area contributed by atoms with Gasteiger partial charge in [-0.05, 0) is 29.1 Å². The Morgan fingerprint density at radius 1 is 1.16 bits per heavy atom. The van der Waals surface area contributed by atoms with E-state index in [0.29, 0.717) is 18.0 Å². The van der Waals surface area contributed by atoms with Crippen molar-refractivity contribution in [3.8, 4) is 17.2 Å². The van der Waals surface area contributed by atoms with E-state index < -0.39 is 0 Å². The van der Waals surface area contributed by atoms with Crippen LogP contribution in [-0.2, 0) is 13.1 Å². The number of aromatic hydroxyl groups is 1. The van der Waals surface area contributed by atoms with Crippen LogP contribution in [0.5, 0.6) is 17.2 Å². The van der Waals surface area contributed by atoms with E-state index >= 15 is 0 Å². The normalized spacial score (nSPS) is 10.4. The van der Waals surface area contributed by atoms with Crippen molar-refractivity contribution in [1.82, 2.24) is 5.32 Å². The standard InChI is InChI=1S/C14H17NO3S/c1-17-12-6-10(7-13(18-2)14(12)16)8-15-9-11-4-3-5-19-11/h3-7,15-16H,8-9H2,1-2H3. The van der Waals surface area contributed by atoms with E-state index in [9.17, 15) is 5.11 Å². The summed E-state index contributed by atoms with van der Waals surface area (Å²) in [4.78, 5) is 1.29. The number of hydrogen-bond acceptors (Lipinski definition) is 5. The number of benzene rings is 1. The maximum absolute atomic E-state index is 9.82.